The van der Waals surface area contributed by atoms with Crippen LogP contribution < -0.4 is 0 Å². The van der Waals surface area contributed by atoms with Crippen molar-refractivity contribution in [3.05, 3.63) is 12.7 Å². The zero-order valence-electron chi connectivity index (χ0n) is 8.91. The third-order valence-corrected chi connectivity index (χ3v) is 2.45. The molecular weight excluding hydrogens is 196 g/mol. The van der Waals surface area contributed by atoms with Gasteiger partial charge in [0.1, 0.15) is 0 Å². The first-order valence-electron chi connectivity index (χ1n) is 4.88. The van der Waals surface area contributed by atoms with Crippen LogP contribution in [0.2, 0.25) is 6.04 Å². The van der Waals surface area contributed by atoms with Gasteiger partial charge < -0.3 is 9.16 Å². The largest absolute Gasteiger partial charge is 0.460 e. The fourth-order valence-electron chi connectivity index (χ4n) is 0.814. The van der Waals surface area contributed by atoms with E-state index >= 15 is 0 Å². The molecule has 80 valence electrons. The number of carbonyl (C=O) groups is 1. The lowest BCUT2D eigenvalue weighted by Crippen LogP contribution is -2.14. The molecule has 0 N–H and O–H groups in total. The Bertz CT molecular complexity index is 171. The van der Waals surface area contributed by atoms with Crippen LogP contribution in [-0.4, -0.2) is 28.4 Å². The van der Waals surface area contributed by atoms with Gasteiger partial charge in [-0.1, -0.05) is 13.5 Å². The van der Waals surface area contributed by atoms with Gasteiger partial charge in [-0.3, -0.25) is 0 Å². The lowest BCUT2D eigenvalue weighted by Gasteiger charge is -2.10. The summed E-state index contributed by atoms with van der Waals surface area (Å²) in [5.41, 5.74) is 0. The van der Waals surface area contributed by atoms with E-state index in [9.17, 15) is 4.79 Å². The molecule has 0 rings (SSSR count). The number of ether oxygens (including phenoxy) is 1. The molecule has 0 aliphatic carbocycles. The summed E-state index contributed by atoms with van der Waals surface area (Å²) < 4.78 is 10.3. The minimum absolute atomic E-state index is 0.0433. The molecule has 0 saturated heterocycles. The van der Waals surface area contributed by atoms with Crippen LogP contribution in [0.1, 0.15) is 26.7 Å². The van der Waals surface area contributed by atoms with Gasteiger partial charge in [-0.2, -0.15) is 0 Å². The Hall–Kier alpha value is -0.613. The van der Waals surface area contributed by atoms with Gasteiger partial charge in [0.25, 0.3) is 0 Å². The molecule has 0 aromatic carbocycles. The first-order chi connectivity index (χ1) is 6.70. The SMILES string of the molecule is C=CC(=O)OC(C)CC[Si]OCCC. The van der Waals surface area contributed by atoms with Crippen LogP contribution in [-0.2, 0) is 14.0 Å². The molecule has 0 saturated carbocycles. The summed E-state index contributed by atoms with van der Waals surface area (Å²) in [4.78, 5) is 10.8. The fraction of sp³-hybridized carbons (Fsp3) is 0.700. The molecule has 0 spiro atoms. The van der Waals surface area contributed by atoms with Crippen LogP contribution in [0, 0.1) is 0 Å². The summed E-state index contributed by atoms with van der Waals surface area (Å²) >= 11 is 0. The second kappa shape index (κ2) is 8.96. The van der Waals surface area contributed by atoms with Crippen molar-refractivity contribution in [1.29, 1.82) is 0 Å². The van der Waals surface area contributed by atoms with E-state index in [1.807, 2.05) is 6.92 Å². The van der Waals surface area contributed by atoms with Crippen LogP contribution >= 0.6 is 0 Å². The average molecular weight is 214 g/mol. The summed E-state index contributed by atoms with van der Waals surface area (Å²) in [5, 5.41) is 0. The van der Waals surface area contributed by atoms with Crippen molar-refractivity contribution in [3.8, 4) is 0 Å². The van der Waals surface area contributed by atoms with Crippen LogP contribution in [0.25, 0.3) is 0 Å². The Morgan fingerprint density at radius 2 is 2.36 bits per heavy atom. The molecule has 0 fully saturated rings. The number of hydrogen-bond donors (Lipinski definition) is 0. The molecule has 4 heteroatoms. The van der Waals surface area contributed by atoms with Gasteiger partial charge in [0, 0.05) is 12.7 Å². The summed E-state index contributed by atoms with van der Waals surface area (Å²) in [6.45, 7) is 8.12. The quantitative estimate of drug-likeness (QED) is 0.268. The highest BCUT2D eigenvalue weighted by atomic mass is 28.2. The van der Waals surface area contributed by atoms with Crippen molar-refractivity contribution in [2.45, 2.75) is 38.8 Å². The van der Waals surface area contributed by atoms with E-state index in [1.165, 1.54) is 6.08 Å². The predicted molar refractivity (Wildman–Crippen MR) is 57.2 cm³/mol. The molecule has 0 amide bonds. The summed E-state index contributed by atoms with van der Waals surface area (Å²) in [7, 11) is 0.512. The highest BCUT2D eigenvalue weighted by molar-refractivity contribution is 6.26. The molecule has 0 aromatic heterocycles. The summed E-state index contributed by atoms with van der Waals surface area (Å²) in [6.07, 6.45) is 3.04. The molecule has 2 radical (unpaired) electrons. The van der Waals surface area contributed by atoms with Crippen LogP contribution in [0.5, 0.6) is 0 Å². The van der Waals surface area contributed by atoms with E-state index in [0.29, 0.717) is 9.76 Å². The van der Waals surface area contributed by atoms with Crippen molar-refractivity contribution in [3.63, 3.8) is 0 Å². The van der Waals surface area contributed by atoms with Gasteiger partial charge in [-0.25, -0.2) is 4.79 Å². The van der Waals surface area contributed by atoms with E-state index in [0.717, 1.165) is 25.5 Å². The van der Waals surface area contributed by atoms with Crippen LogP contribution in [0.3, 0.4) is 0 Å². The van der Waals surface area contributed by atoms with Crippen molar-refractivity contribution < 1.29 is 14.0 Å². The maximum atomic E-state index is 10.8. The van der Waals surface area contributed by atoms with Crippen LogP contribution in [0.15, 0.2) is 12.7 Å². The molecule has 1 atom stereocenters. The van der Waals surface area contributed by atoms with E-state index in [2.05, 4.69) is 13.5 Å². The number of hydrogen-bond acceptors (Lipinski definition) is 3. The Morgan fingerprint density at radius 3 is 2.93 bits per heavy atom. The number of esters is 1. The van der Waals surface area contributed by atoms with E-state index in [1.54, 1.807) is 0 Å². The molecule has 1 unspecified atom stereocenters. The second-order valence-corrected chi connectivity index (χ2v) is 4.06. The summed E-state index contributed by atoms with van der Waals surface area (Å²) in [6, 6.07) is 0.950. The third-order valence-electron chi connectivity index (χ3n) is 1.55. The molecule has 0 aliphatic rings. The maximum Gasteiger partial charge on any atom is 0.330 e. The lowest BCUT2D eigenvalue weighted by atomic mass is 10.3. The third kappa shape index (κ3) is 8.01. The Labute approximate surface area is 88.4 Å². The van der Waals surface area contributed by atoms with Crippen LogP contribution in [0.4, 0.5) is 0 Å². The average Bonchev–Trinajstić information content (AvgIpc) is 2.17. The highest BCUT2D eigenvalue weighted by Gasteiger charge is 2.06. The molecule has 0 aromatic rings. The highest BCUT2D eigenvalue weighted by Crippen LogP contribution is 2.02. The normalized spacial score (nSPS) is 12.1. The van der Waals surface area contributed by atoms with Crippen molar-refractivity contribution >= 4 is 15.7 Å². The minimum Gasteiger partial charge on any atom is -0.460 e. The monoisotopic (exact) mass is 214 g/mol. The zero-order chi connectivity index (χ0) is 10.8. The van der Waals surface area contributed by atoms with Gasteiger partial charge in [0.2, 0.25) is 9.76 Å². The fourth-order valence-corrected chi connectivity index (χ4v) is 1.83. The van der Waals surface area contributed by atoms with Gasteiger partial charge in [0.05, 0.1) is 6.10 Å². The molecule has 0 bridgehead atoms. The van der Waals surface area contributed by atoms with Gasteiger partial charge in [-0.15, -0.1) is 0 Å². The lowest BCUT2D eigenvalue weighted by molar-refractivity contribution is -0.142. The van der Waals surface area contributed by atoms with Gasteiger partial charge in [0.15, 0.2) is 0 Å². The minimum atomic E-state index is -0.352. The Morgan fingerprint density at radius 1 is 1.64 bits per heavy atom. The van der Waals surface area contributed by atoms with Gasteiger partial charge in [-0.05, 0) is 25.8 Å². The predicted octanol–water partition coefficient (Wildman–Crippen LogP) is 1.96. The first kappa shape index (κ1) is 13.4. The molecular formula is C10H18O3Si. The number of carbonyl (C=O) groups excluding carboxylic acids is 1. The van der Waals surface area contributed by atoms with Crippen molar-refractivity contribution in [2.75, 3.05) is 6.61 Å². The maximum absolute atomic E-state index is 10.8. The second-order valence-electron chi connectivity index (χ2n) is 2.98. The van der Waals surface area contributed by atoms with E-state index < -0.39 is 0 Å². The van der Waals surface area contributed by atoms with Gasteiger partial charge >= 0.3 is 5.97 Å². The van der Waals surface area contributed by atoms with Crippen molar-refractivity contribution in [2.24, 2.45) is 0 Å². The number of rotatable bonds is 8. The molecule has 3 nitrogen and oxygen atoms in total. The molecule has 14 heavy (non-hydrogen) atoms. The topological polar surface area (TPSA) is 35.5 Å². The molecule has 0 heterocycles. The molecule has 0 aliphatic heterocycles. The first-order valence-corrected chi connectivity index (χ1v) is 6.00. The smallest absolute Gasteiger partial charge is 0.330 e. The standard InChI is InChI=1S/C10H18O3Si/c1-4-7-12-14-8-6-9(3)13-10(11)5-2/h5,9H,2,4,6-8H2,1,3H3. The van der Waals surface area contributed by atoms with E-state index in [4.69, 9.17) is 9.16 Å². The Balaban J connectivity index is 3.30. The summed E-state index contributed by atoms with van der Waals surface area (Å²) in [5.74, 6) is -0.352. The van der Waals surface area contributed by atoms with Crippen molar-refractivity contribution in [1.82, 2.24) is 0 Å². The van der Waals surface area contributed by atoms with E-state index in [-0.39, 0.29) is 12.1 Å². The zero-order valence-corrected chi connectivity index (χ0v) is 9.91. The Kier molecular flexibility index (Phi) is 8.57.